The average Bonchev–Trinajstić information content (AvgIpc) is 2.53. The minimum absolute atomic E-state index is 0.158. The van der Waals surface area contributed by atoms with E-state index in [0.717, 1.165) is 17.1 Å². The molecule has 4 nitrogen and oxygen atoms in total. The minimum Gasteiger partial charge on any atom is -0.497 e. The van der Waals surface area contributed by atoms with Crippen molar-refractivity contribution in [2.75, 3.05) is 19.3 Å². The number of anilines is 1. The van der Waals surface area contributed by atoms with Crippen LogP contribution in [0.4, 0.5) is 5.69 Å². The summed E-state index contributed by atoms with van der Waals surface area (Å²) in [6, 6.07) is 14.8. The van der Waals surface area contributed by atoms with Crippen LogP contribution in [0.1, 0.15) is 18.5 Å². The molecule has 0 radical (unpaired) electrons. The van der Waals surface area contributed by atoms with E-state index in [4.69, 9.17) is 9.47 Å². The fraction of sp³-hybridized carbons (Fsp3) is 0.250. The molecule has 20 heavy (non-hydrogen) atoms. The van der Waals surface area contributed by atoms with Crippen LogP contribution in [0.3, 0.4) is 0 Å². The number of hydrogen-bond acceptors (Lipinski definition) is 4. The lowest BCUT2D eigenvalue weighted by Gasteiger charge is -2.25. The monoisotopic (exact) mass is 273 g/mol. The molecule has 4 heteroatoms. The van der Waals surface area contributed by atoms with Crippen LogP contribution in [-0.2, 0) is 0 Å². The van der Waals surface area contributed by atoms with Crippen LogP contribution in [0, 0.1) is 0 Å². The third kappa shape index (κ3) is 3.03. The Bertz CT molecular complexity index is 485. The molecule has 0 aliphatic rings. The lowest BCUT2D eigenvalue weighted by atomic mass is 10.1. The van der Waals surface area contributed by atoms with Gasteiger partial charge in [0.25, 0.3) is 0 Å². The number of ether oxygens (including phenoxy) is 2. The van der Waals surface area contributed by atoms with Crippen LogP contribution in [0.2, 0.25) is 0 Å². The molecule has 0 fully saturated rings. The highest BCUT2D eigenvalue weighted by molar-refractivity contribution is 5.48. The fourth-order valence-corrected chi connectivity index (χ4v) is 1.98. The van der Waals surface area contributed by atoms with Crippen molar-refractivity contribution in [2.24, 2.45) is 0 Å². The molecule has 0 bridgehead atoms. The maximum atomic E-state index is 10.3. The summed E-state index contributed by atoms with van der Waals surface area (Å²) in [4.78, 5) is 0. The molecule has 0 aliphatic heterocycles. The molecule has 2 aromatic rings. The largest absolute Gasteiger partial charge is 0.497 e. The van der Waals surface area contributed by atoms with Gasteiger partial charge in [0.2, 0.25) is 0 Å². The van der Waals surface area contributed by atoms with Crippen molar-refractivity contribution in [2.45, 2.75) is 13.0 Å². The molecular weight excluding hydrogens is 254 g/mol. The van der Waals surface area contributed by atoms with Gasteiger partial charge in [-0.2, -0.15) is 0 Å². The third-order valence-corrected chi connectivity index (χ3v) is 3.30. The predicted molar refractivity (Wildman–Crippen MR) is 78.7 cm³/mol. The first-order valence-corrected chi connectivity index (χ1v) is 6.42. The van der Waals surface area contributed by atoms with Crippen LogP contribution < -0.4 is 14.5 Å². The van der Waals surface area contributed by atoms with Gasteiger partial charge >= 0.3 is 0 Å². The Balaban J connectivity index is 2.15. The van der Waals surface area contributed by atoms with Gasteiger partial charge in [0, 0.05) is 0 Å². The van der Waals surface area contributed by atoms with Crippen molar-refractivity contribution in [3.63, 3.8) is 0 Å². The van der Waals surface area contributed by atoms with Crippen LogP contribution in [0.15, 0.2) is 48.5 Å². The molecule has 1 N–H and O–H groups in total. The molecule has 2 aromatic carbocycles. The Morgan fingerprint density at radius 2 is 1.30 bits per heavy atom. The maximum absolute atomic E-state index is 10.3. The van der Waals surface area contributed by atoms with Gasteiger partial charge in [-0.15, -0.1) is 0 Å². The Morgan fingerprint density at radius 3 is 1.75 bits per heavy atom. The Labute approximate surface area is 119 Å². The molecule has 1 atom stereocenters. The summed E-state index contributed by atoms with van der Waals surface area (Å²) in [7, 11) is 3.25. The zero-order chi connectivity index (χ0) is 14.5. The normalized spacial score (nSPS) is 11.8. The fourth-order valence-electron chi connectivity index (χ4n) is 1.98. The third-order valence-electron chi connectivity index (χ3n) is 3.30. The first-order valence-electron chi connectivity index (χ1n) is 6.42. The molecule has 2 rings (SSSR count). The van der Waals surface area contributed by atoms with E-state index in [0.29, 0.717) is 5.69 Å². The highest BCUT2D eigenvalue weighted by Gasteiger charge is 2.14. The topological polar surface area (TPSA) is 41.9 Å². The van der Waals surface area contributed by atoms with Gasteiger partial charge in [0.15, 0.2) is 0 Å². The second kappa shape index (κ2) is 6.30. The number of methoxy groups -OCH3 is 2. The van der Waals surface area contributed by atoms with Crippen LogP contribution in [0.25, 0.3) is 0 Å². The van der Waals surface area contributed by atoms with E-state index in [2.05, 4.69) is 0 Å². The van der Waals surface area contributed by atoms with E-state index in [1.165, 1.54) is 5.06 Å². The molecule has 0 amide bonds. The summed E-state index contributed by atoms with van der Waals surface area (Å²) in [6.07, 6.45) is 0. The molecule has 0 saturated carbocycles. The van der Waals surface area contributed by atoms with Gasteiger partial charge in [-0.1, -0.05) is 12.1 Å². The van der Waals surface area contributed by atoms with E-state index in [1.54, 1.807) is 14.2 Å². The Kier molecular flexibility index (Phi) is 4.48. The van der Waals surface area contributed by atoms with E-state index < -0.39 is 0 Å². The second-order valence-electron chi connectivity index (χ2n) is 4.49. The van der Waals surface area contributed by atoms with Gasteiger partial charge in [-0.3, -0.25) is 5.21 Å². The van der Waals surface area contributed by atoms with Crippen molar-refractivity contribution in [3.05, 3.63) is 54.1 Å². The maximum Gasteiger partial charge on any atom is 0.119 e. The van der Waals surface area contributed by atoms with Gasteiger partial charge in [0.1, 0.15) is 11.5 Å². The average molecular weight is 273 g/mol. The number of nitrogens with zero attached hydrogens (tertiary/aromatic N) is 1. The molecule has 0 aromatic heterocycles. The first-order chi connectivity index (χ1) is 9.65. The zero-order valence-electron chi connectivity index (χ0n) is 11.9. The lowest BCUT2D eigenvalue weighted by molar-refractivity contribution is 0.223. The summed E-state index contributed by atoms with van der Waals surface area (Å²) < 4.78 is 10.2. The predicted octanol–water partition coefficient (Wildman–Crippen LogP) is 3.66. The Hall–Kier alpha value is -2.20. The summed E-state index contributed by atoms with van der Waals surface area (Å²) in [6.45, 7) is 1.94. The number of hydrogen-bond donors (Lipinski definition) is 1. The van der Waals surface area contributed by atoms with Crippen LogP contribution >= 0.6 is 0 Å². The minimum atomic E-state index is -0.158. The highest BCUT2D eigenvalue weighted by atomic mass is 16.5. The number of rotatable bonds is 5. The van der Waals surface area contributed by atoms with Gasteiger partial charge in [-0.25, -0.2) is 5.06 Å². The molecule has 1 unspecified atom stereocenters. The molecule has 0 saturated heterocycles. The van der Waals surface area contributed by atoms with Gasteiger partial charge < -0.3 is 9.47 Å². The summed E-state index contributed by atoms with van der Waals surface area (Å²) in [5.41, 5.74) is 1.72. The van der Waals surface area contributed by atoms with Crippen molar-refractivity contribution < 1.29 is 14.7 Å². The molecule has 0 spiro atoms. The zero-order valence-corrected chi connectivity index (χ0v) is 11.9. The van der Waals surface area contributed by atoms with E-state index in [9.17, 15) is 5.21 Å². The smallest absolute Gasteiger partial charge is 0.119 e. The first kappa shape index (κ1) is 14.2. The van der Waals surface area contributed by atoms with Gasteiger partial charge in [-0.05, 0) is 48.9 Å². The van der Waals surface area contributed by atoms with Crippen molar-refractivity contribution in [1.82, 2.24) is 0 Å². The van der Waals surface area contributed by atoms with Gasteiger partial charge in [0.05, 0.1) is 25.9 Å². The van der Waals surface area contributed by atoms with E-state index in [-0.39, 0.29) is 6.04 Å². The molecule has 106 valence electrons. The molecule has 0 heterocycles. The number of hydroxylamine groups is 1. The van der Waals surface area contributed by atoms with Crippen LogP contribution in [-0.4, -0.2) is 19.4 Å². The van der Waals surface area contributed by atoms with Crippen LogP contribution in [0.5, 0.6) is 11.5 Å². The number of benzene rings is 2. The standard InChI is InChI=1S/C16H19NO3/c1-12(13-4-8-15(19-2)9-5-13)17(18)14-6-10-16(20-3)11-7-14/h4-12,18H,1-3H3. The second-order valence-corrected chi connectivity index (χ2v) is 4.49. The Morgan fingerprint density at radius 1 is 0.850 bits per heavy atom. The SMILES string of the molecule is COc1ccc(C(C)N(O)c2ccc(OC)cc2)cc1. The van der Waals surface area contributed by atoms with Crippen molar-refractivity contribution in [1.29, 1.82) is 0 Å². The summed E-state index contributed by atoms with van der Waals surface area (Å²) in [5, 5.41) is 11.5. The summed E-state index contributed by atoms with van der Waals surface area (Å²) >= 11 is 0. The van der Waals surface area contributed by atoms with E-state index in [1.807, 2.05) is 55.5 Å². The molecule has 0 aliphatic carbocycles. The quantitative estimate of drug-likeness (QED) is 0.844. The van der Waals surface area contributed by atoms with Crippen molar-refractivity contribution in [3.8, 4) is 11.5 Å². The molecular formula is C16H19NO3. The summed E-state index contributed by atoms with van der Waals surface area (Å²) in [5.74, 6) is 1.56. The van der Waals surface area contributed by atoms with Crippen molar-refractivity contribution >= 4 is 5.69 Å². The highest BCUT2D eigenvalue weighted by Crippen LogP contribution is 2.27. The van der Waals surface area contributed by atoms with E-state index >= 15 is 0 Å². The lowest BCUT2D eigenvalue weighted by Crippen LogP contribution is -2.22.